The molecule has 0 saturated heterocycles. The van der Waals surface area contributed by atoms with Gasteiger partial charge < -0.3 is 37.9 Å². The van der Waals surface area contributed by atoms with E-state index in [9.17, 15) is 9.59 Å². The minimum atomic E-state index is -0.274. The molecule has 0 unspecified atom stereocenters. The monoisotopic (exact) mass is 1030 g/mol. The molecule has 8 aromatic rings. The highest BCUT2D eigenvalue weighted by atomic mass is 35.5. The molecule has 0 aliphatic heterocycles. The molecule has 0 radical (unpaired) electrons. The average molecular weight is 1030 g/mol. The van der Waals surface area contributed by atoms with Crippen LogP contribution in [0.2, 0.25) is 5.02 Å². The summed E-state index contributed by atoms with van der Waals surface area (Å²) in [7, 11) is 10.6. The van der Waals surface area contributed by atoms with Crippen molar-refractivity contribution in [2.75, 3.05) is 49.8 Å². The Morgan fingerprint density at radius 1 is 0.587 bits per heavy atom. The van der Waals surface area contributed by atoms with Crippen LogP contribution in [0.1, 0.15) is 71.2 Å². The molecule has 0 bridgehead atoms. The fraction of sp³-hybridized carbons (Fsp3) is 0.228. The summed E-state index contributed by atoms with van der Waals surface area (Å²) in [4.78, 5) is 49.8. The molecule has 4 heterocycles. The van der Waals surface area contributed by atoms with Crippen molar-refractivity contribution in [1.29, 1.82) is 0 Å². The molecule has 75 heavy (non-hydrogen) atoms. The lowest BCUT2D eigenvalue weighted by molar-refractivity contribution is 0.102. The van der Waals surface area contributed by atoms with Crippen LogP contribution < -0.4 is 37.9 Å². The van der Waals surface area contributed by atoms with E-state index in [1.54, 1.807) is 60.7 Å². The molecule has 0 spiro atoms. The molecule has 0 atom stereocenters. The number of pyridine rings is 1. The lowest BCUT2D eigenvalue weighted by atomic mass is 9.97. The molecule has 4 aromatic heterocycles. The van der Waals surface area contributed by atoms with E-state index in [1.807, 2.05) is 36.4 Å². The number of hydrogen-bond donors (Lipinski definition) is 0. The number of carbonyl (C=O) groups excluding carboxylic acids is 2. The van der Waals surface area contributed by atoms with Crippen molar-refractivity contribution < 1.29 is 47.5 Å². The second-order valence-electron chi connectivity index (χ2n) is 16.7. The number of methoxy groups -OCH3 is 7. The topological polar surface area (TPSA) is 190 Å². The fourth-order valence-corrected chi connectivity index (χ4v) is 8.62. The zero-order valence-corrected chi connectivity index (χ0v) is 43.2. The van der Waals surface area contributed by atoms with Gasteiger partial charge in [-0.3, -0.25) is 14.6 Å². The first-order valence-corrected chi connectivity index (χ1v) is 24.0. The molecule has 0 N–H and O–H groups in total. The molecule has 384 valence electrons. The predicted octanol–water partition coefficient (Wildman–Crippen LogP) is 9.43. The number of halogens is 1. The van der Waals surface area contributed by atoms with Gasteiger partial charge in [-0.05, 0) is 109 Å². The van der Waals surface area contributed by atoms with Crippen molar-refractivity contribution in [3.8, 4) is 52.2 Å². The van der Waals surface area contributed by atoms with Gasteiger partial charge in [0.25, 0.3) is 5.95 Å². The van der Waals surface area contributed by atoms with E-state index < -0.39 is 0 Å². The molecule has 0 fully saturated rings. The van der Waals surface area contributed by atoms with Crippen LogP contribution in [0.4, 0.5) is 0 Å². The Morgan fingerprint density at radius 3 is 1.72 bits per heavy atom. The standard InChI is InChI=1S/C31H29N3O5.C26H25ClN4O5/c1-36-27-16-23(17-28(37-2)30(27)38-3)29(35)25-18-33-31(39-19-24-9-4-5-14-32-24)34-26(25)13-11-20-10-12-21-7-6-8-22(21)15-20;1-33-21-9-7-16(12-19(21)27)6-8-20-18(15-28-26(30-20)31-11-5-10-29-31)24(32)17-13-22(34-2)25(36-4)23(14-17)35-3/h4-6,8-10,12,14-18H,7,11,13,19H2,1-3H3;5,7,9-15H,6,8H2,1-4H3. The first-order valence-electron chi connectivity index (χ1n) is 23.6. The second-order valence-corrected chi connectivity index (χ2v) is 17.1. The van der Waals surface area contributed by atoms with Crippen molar-refractivity contribution in [2.24, 2.45) is 0 Å². The molecular weight excluding hydrogens is 978 g/mol. The number of fused-ring (bicyclic) bond motifs is 1. The van der Waals surface area contributed by atoms with Crippen molar-refractivity contribution in [3.63, 3.8) is 0 Å². The maximum atomic E-state index is 13.8. The van der Waals surface area contributed by atoms with Gasteiger partial charge in [0.1, 0.15) is 12.4 Å². The largest absolute Gasteiger partial charge is 0.495 e. The number of aromatic nitrogens is 7. The van der Waals surface area contributed by atoms with Crippen LogP contribution in [0, 0.1) is 0 Å². The molecule has 18 heteroatoms. The van der Waals surface area contributed by atoms with E-state index in [1.165, 1.54) is 71.7 Å². The molecule has 0 amide bonds. The summed E-state index contributed by atoms with van der Waals surface area (Å²) in [5, 5.41) is 4.72. The third-order valence-electron chi connectivity index (χ3n) is 12.2. The smallest absolute Gasteiger partial charge is 0.316 e. The number of ketones is 2. The SMILES string of the molecule is COc1cc(C(=O)c2cnc(OCc3ccccn3)nc2CCc2ccc3c(c2)C=CC3)cc(OC)c1OC.COc1ccc(CCc2nc(-n3cccn3)ncc2C(=O)c2cc(OC)c(OC)c(OC)c2)cc1Cl. The zero-order chi connectivity index (χ0) is 52.8. The Hall–Kier alpha value is -8.83. The summed E-state index contributed by atoms with van der Waals surface area (Å²) < 4.78 is 45.1. The van der Waals surface area contributed by atoms with Crippen LogP contribution in [0.3, 0.4) is 0 Å². The lowest BCUT2D eigenvalue weighted by Gasteiger charge is -2.15. The van der Waals surface area contributed by atoms with Gasteiger partial charge in [-0.2, -0.15) is 10.1 Å². The van der Waals surface area contributed by atoms with Crippen LogP contribution in [-0.4, -0.2) is 96.0 Å². The highest BCUT2D eigenvalue weighted by Gasteiger charge is 2.24. The summed E-state index contributed by atoms with van der Waals surface area (Å²) >= 11 is 6.30. The zero-order valence-electron chi connectivity index (χ0n) is 42.5. The number of allylic oxidation sites excluding steroid dienone is 1. The Labute approximate surface area is 439 Å². The Balaban J connectivity index is 0.000000200. The van der Waals surface area contributed by atoms with E-state index in [0.29, 0.717) is 111 Å². The molecule has 9 rings (SSSR count). The second kappa shape index (κ2) is 24.7. The van der Waals surface area contributed by atoms with Gasteiger partial charge >= 0.3 is 6.01 Å². The fourth-order valence-electron chi connectivity index (χ4n) is 8.34. The van der Waals surface area contributed by atoms with E-state index in [-0.39, 0.29) is 24.2 Å². The van der Waals surface area contributed by atoms with Crippen LogP contribution in [0.25, 0.3) is 12.0 Å². The van der Waals surface area contributed by atoms with Crippen LogP contribution in [0.15, 0.2) is 122 Å². The minimum absolute atomic E-state index is 0.189. The maximum Gasteiger partial charge on any atom is 0.316 e. The summed E-state index contributed by atoms with van der Waals surface area (Å²) in [6.45, 7) is 0.220. The molecule has 0 saturated carbocycles. The molecule has 4 aromatic carbocycles. The normalized spacial score (nSPS) is 11.2. The minimum Gasteiger partial charge on any atom is -0.495 e. The molecular formula is C57H54ClN7O10. The third-order valence-corrected chi connectivity index (χ3v) is 12.5. The number of hydrogen-bond acceptors (Lipinski definition) is 16. The van der Waals surface area contributed by atoms with Crippen molar-refractivity contribution >= 4 is 29.2 Å². The van der Waals surface area contributed by atoms with Crippen molar-refractivity contribution in [1.82, 2.24) is 34.7 Å². The van der Waals surface area contributed by atoms with Gasteiger partial charge in [0.15, 0.2) is 34.6 Å². The van der Waals surface area contributed by atoms with Crippen molar-refractivity contribution in [3.05, 3.63) is 189 Å². The third kappa shape index (κ3) is 12.3. The molecule has 17 nitrogen and oxygen atoms in total. The van der Waals surface area contributed by atoms with Crippen LogP contribution in [0.5, 0.6) is 46.3 Å². The summed E-state index contributed by atoms with van der Waals surface area (Å²) in [5.41, 5.74) is 8.10. The van der Waals surface area contributed by atoms with Gasteiger partial charge in [0.05, 0.1) is 83.0 Å². The number of carbonyl (C=O) groups is 2. The lowest BCUT2D eigenvalue weighted by Crippen LogP contribution is -2.13. The highest BCUT2D eigenvalue weighted by Crippen LogP contribution is 2.40. The van der Waals surface area contributed by atoms with E-state index >= 15 is 0 Å². The maximum absolute atomic E-state index is 13.8. The number of rotatable bonds is 21. The number of benzene rings is 4. The van der Waals surface area contributed by atoms with E-state index in [4.69, 9.17) is 49.5 Å². The Bertz CT molecular complexity index is 3280. The van der Waals surface area contributed by atoms with Gasteiger partial charge in [-0.25, -0.2) is 19.6 Å². The summed E-state index contributed by atoms with van der Waals surface area (Å²) in [5.74, 6) is 2.79. The summed E-state index contributed by atoms with van der Waals surface area (Å²) in [6.07, 6.45) is 15.7. The molecule has 1 aliphatic rings. The number of nitrogens with zero attached hydrogens (tertiary/aromatic N) is 7. The van der Waals surface area contributed by atoms with Crippen LogP contribution in [-0.2, 0) is 38.7 Å². The average Bonchev–Trinajstić information content (AvgIpc) is 4.18. The number of aryl methyl sites for hydroxylation is 4. The summed E-state index contributed by atoms with van der Waals surface area (Å²) in [6, 6.07) is 26.1. The molecule has 1 aliphatic carbocycles. The first-order chi connectivity index (χ1) is 36.6. The van der Waals surface area contributed by atoms with Gasteiger partial charge in [0.2, 0.25) is 11.5 Å². The van der Waals surface area contributed by atoms with E-state index in [0.717, 1.165) is 17.7 Å². The van der Waals surface area contributed by atoms with Crippen molar-refractivity contribution in [2.45, 2.75) is 38.7 Å². The Morgan fingerprint density at radius 2 is 1.17 bits per heavy atom. The van der Waals surface area contributed by atoms with Gasteiger partial charge in [-0.15, -0.1) is 0 Å². The van der Waals surface area contributed by atoms with E-state index in [2.05, 4.69) is 60.4 Å². The predicted molar refractivity (Wildman–Crippen MR) is 281 cm³/mol. The quantitative estimate of drug-likeness (QED) is 0.0618. The highest BCUT2D eigenvalue weighted by molar-refractivity contribution is 6.32. The van der Waals surface area contributed by atoms with Crippen LogP contribution >= 0.6 is 11.6 Å². The Kier molecular flexibility index (Phi) is 17.3. The number of ether oxygens (including phenoxy) is 8. The first kappa shape index (κ1) is 52.5. The van der Waals surface area contributed by atoms with Gasteiger partial charge in [-0.1, -0.05) is 54.1 Å². The van der Waals surface area contributed by atoms with Gasteiger partial charge in [0, 0.05) is 42.1 Å².